The van der Waals surface area contributed by atoms with Gasteiger partial charge in [0, 0.05) is 11.1 Å². The van der Waals surface area contributed by atoms with Crippen LogP contribution < -0.4 is 0 Å². The molecule has 2 rings (SSSR count). The smallest absolute Gasteiger partial charge is 0.196 e. The molecule has 0 amide bonds. The fourth-order valence-corrected chi connectivity index (χ4v) is 1.86. The van der Waals surface area contributed by atoms with E-state index in [4.69, 9.17) is 4.42 Å². The van der Waals surface area contributed by atoms with Gasteiger partial charge >= 0.3 is 0 Å². The zero-order valence-corrected chi connectivity index (χ0v) is 9.70. The lowest BCUT2D eigenvalue weighted by Gasteiger charge is -2.00. The van der Waals surface area contributed by atoms with Crippen LogP contribution in [0.3, 0.4) is 0 Å². The molecule has 0 atom stereocenters. The van der Waals surface area contributed by atoms with Crippen molar-refractivity contribution in [1.29, 1.82) is 0 Å². The molecule has 0 bridgehead atoms. The van der Waals surface area contributed by atoms with Gasteiger partial charge in [0.15, 0.2) is 5.78 Å². The predicted octanol–water partition coefficient (Wildman–Crippen LogP) is 3.44. The number of rotatable bonds is 2. The summed E-state index contributed by atoms with van der Waals surface area (Å²) in [4.78, 5) is 12.2. The zero-order valence-electron chi connectivity index (χ0n) is 9.70. The maximum absolute atomic E-state index is 12.2. The highest BCUT2D eigenvalue weighted by Gasteiger charge is 2.19. The number of ketones is 1. The molecule has 16 heavy (non-hydrogen) atoms. The number of hydrogen-bond donors (Lipinski definition) is 0. The number of carbonyl (C=O) groups excluding carboxylic acids is 1. The Labute approximate surface area is 94.9 Å². The van der Waals surface area contributed by atoms with E-state index in [2.05, 4.69) is 0 Å². The molecular formula is C14H14O2. The molecule has 0 saturated heterocycles. The predicted molar refractivity (Wildman–Crippen MR) is 62.8 cm³/mol. The fraction of sp³-hybridized carbons (Fsp3) is 0.214. The maximum Gasteiger partial charge on any atom is 0.196 e. The summed E-state index contributed by atoms with van der Waals surface area (Å²) in [6.07, 6.45) is 0. The van der Waals surface area contributed by atoms with Gasteiger partial charge in [0.2, 0.25) is 0 Å². The lowest BCUT2D eigenvalue weighted by atomic mass is 10.00. The van der Waals surface area contributed by atoms with Crippen molar-refractivity contribution in [1.82, 2.24) is 0 Å². The van der Waals surface area contributed by atoms with Crippen molar-refractivity contribution < 1.29 is 9.21 Å². The number of aryl methyl sites for hydroxylation is 2. The van der Waals surface area contributed by atoms with E-state index >= 15 is 0 Å². The Morgan fingerprint density at radius 3 is 2.12 bits per heavy atom. The van der Waals surface area contributed by atoms with Crippen LogP contribution in [-0.4, -0.2) is 5.78 Å². The molecule has 2 nitrogen and oxygen atoms in total. The lowest BCUT2D eigenvalue weighted by molar-refractivity contribution is 0.103. The van der Waals surface area contributed by atoms with Crippen molar-refractivity contribution in [3.05, 3.63) is 58.5 Å². The van der Waals surface area contributed by atoms with E-state index in [1.807, 2.05) is 51.1 Å². The number of furan rings is 1. The van der Waals surface area contributed by atoms with Crippen molar-refractivity contribution in [2.24, 2.45) is 0 Å². The van der Waals surface area contributed by atoms with Gasteiger partial charge < -0.3 is 4.42 Å². The molecule has 0 aliphatic heterocycles. The van der Waals surface area contributed by atoms with Crippen LogP contribution in [0.25, 0.3) is 0 Å². The van der Waals surface area contributed by atoms with E-state index < -0.39 is 0 Å². The third-order valence-corrected chi connectivity index (χ3v) is 2.82. The zero-order chi connectivity index (χ0) is 11.7. The Bertz CT molecular complexity index is 521. The van der Waals surface area contributed by atoms with E-state index in [0.717, 1.165) is 11.3 Å². The van der Waals surface area contributed by atoms with Gasteiger partial charge in [-0.3, -0.25) is 4.79 Å². The molecule has 0 unspecified atom stereocenters. The SMILES string of the molecule is Cc1oc(C)c(C(=O)c2ccccc2)c1C. The van der Waals surface area contributed by atoms with Crippen LogP contribution in [0.1, 0.15) is 33.0 Å². The molecule has 1 aromatic heterocycles. The monoisotopic (exact) mass is 214 g/mol. The summed E-state index contributed by atoms with van der Waals surface area (Å²) in [7, 11) is 0. The van der Waals surface area contributed by atoms with E-state index in [1.165, 1.54) is 0 Å². The van der Waals surface area contributed by atoms with Gasteiger partial charge in [-0.05, 0) is 20.8 Å². The number of carbonyl (C=O) groups is 1. The van der Waals surface area contributed by atoms with Crippen molar-refractivity contribution in [2.45, 2.75) is 20.8 Å². The highest BCUT2D eigenvalue weighted by molar-refractivity contribution is 6.10. The second-order valence-electron chi connectivity index (χ2n) is 3.91. The summed E-state index contributed by atoms with van der Waals surface area (Å²) in [5.74, 6) is 1.55. The summed E-state index contributed by atoms with van der Waals surface area (Å²) in [6.45, 7) is 5.63. The van der Waals surface area contributed by atoms with Crippen LogP contribution in [0.2, 0.25) is 0 Å². The molecular weight excluding hydrogens is 200 g/mol. The highest BCUT2D eigenvalue weighted by Crippen LogP contribution is 2.23. The van der Waals surface area contributed by atoms with Crippen molar-refractivity contribution in [3.8, 4) is 0 Å². The Morgan fingerprint density at radius 1 is 1.00 bits per heavy atom. The van der Waals surface area contributed by atoms with E-state index in [-0.39, 0.29) is 5.78 Å². The second kappa shape index (κ2) is 3.97. The third kappa shape index (κ3) is 1.67. The molecule has 0 N–H and O–H groups in total. The first-order valence-corrected chi connectivity index (χ1v) is 5.27. The first-order chi connectivity index (χ1) is 7.61. The molecule has 0 spiro atoms. The summed E-state index contributed by atoms with van der Waals surface area (Å²) >= 11 is 0. The number of benzene rings is 1. The Balaban J connectivity index is 2.50. The first-order valence-electron chi connectivity index (χ1n) is 5.27. The third-order valence-electron chi connectivity index (χ3n) is 2.82. The number of hydrogen-bond acceptors (Lipinski definition) is 2. The quantitative estimate of drug-likeness (QED) is 0.717. The van der Waals surface area contributed by atoms with E-state index in [9.17, 15) is 4.79 Å². The van der Waals surface area contributed by atoms with Gasteiger partial charge in [0.05, 0.1) is 5.56 Å². The van der Waals surface area contributed by atoms with E-state index in [0.29, 0.717) is 16.9 Å². The van der Waals surface area contributed by atoms with Gasteiger partial charge in [0.1, 0.15) is 11.5 Å². The molecule has 2 aromatic rings. The van der Waals surface area contributed by atoms with Crippen LogP contribution in [0.5, 0.6) is 0 Å². The average Bonchev–Trinajstić information content (AvgIpc) is 2.54. The standard InChI is InChI=1S/C14H14O2/c1-9-10(2)16-11(3)13(9)14(15)12-7-5-4-6-8-12/h4-8H,1-3H3. The molecule has 2 heteroatoms. The lowest BCUT2D eigenvalue weighted by Crippen LogP contribution is -2.03. The maximum atomic E-state index is 12.2. The summed E-state index contributed by atoms with van der Waals surface area (Å²) in [5.41, 5.74) is 2.34. The normalized spacial score (nSPS) is 10.4. The van der Waals surface area contributed by atoms with Gasteiger partial charge in [-0.25, -0.2) is 0 Å². The molecule has 1 aromatic carbocycles. The first kappa shape index (κ1) is 10.7. The molecule has 1 heterocycles. The molecule has 0 aliphatic carbocycles. The van der Waals surface area contributed by atoms with Crippen molar-refractivity contribution >= 4 is 5.78 Å². The van der Waals surface area contributed by atoms with Crippen LogP contribution in [0.4, 0.5) is 0 Å². The molecule has 0 fully saturated rings. The minimum Gasteiger partial charge on any atom is -0.466 e. The van der Waals surface area contributed by atoms with Gasteiger partial charge in [-0.2, -0.15) is 0 Å². The van der Waals surface area contributed by atoms with Crippen LogP contribution in [0.15, 0.2) is 34.7 Å². The minimum atomic E-state index is 0.0347. The Hall–Kier alpha value is -1.83. The summed E-state index contributed by atoms with van der Waals surface area (Å²) in [6, 6.07) is 9.28. The summed E-state index contributed by atoms with van der Waals surface area (Å²) < 4.78 is 5.47. The van der Waals surface area contributed by atoms with Crippen molar-refractivity contribution in [3.63, 3.8) is 0 Å². The van der Waals surface area contributed by atoms with Crippen LogP contribution in [-0.2, 0) is 0 Å². The summed E-state index contributed by atoms with van der Waals surface area (Å²) in [5, 5.41) is 0. The highest BCUT2D eigenvalue weighted by atomic mass is 16.3. The van der Waals surface area contributed by atoms with Crippen molar-refractivity contribution in [2.75, 3.05) is 0 Å². The largest absolute Gasteiger partial charge is 0.466 e. The second-order valence-corrected chi connectivity index (χ2v) is 3.91. The van der Waals surface area contributed by atoms with Gasteiger partial charge in [0.25, 0.3) is 0 Å². The van der Waals surface area contributed by atoms with Gasteiger partial charge in [-0.15, -0.1) is 0 Å². The van der Waals surface area contributed by atoms with Gasteiger partial charge in [-0.1, -0.05) is 30.3 Å². The fourth-order valence-electron chi connectivity index (χ4n) is 1.86. The Kier molecular flexibility index (Phi) is 2.65. The Morgan fingerprint density at radius 2 is 1.62 bits per heavy atom. The molecule has 0 aliphatic rings. The molecule has 0 radical (unpaired) electrons. The minimum absolute atomic E-state index is 0.0347. The molecule has 0 saturated carbocycles. The van der Waals surface area contributed by atoms with E-state index in [1.54, 1.807) is 0 Å². The topological polar surface area (TPSA) is 30.2 Å². The average molecular weight is 214 g/mol. The molecule has 82 valence electrons. The van der Waals surface area contributed by atoms with Crippen LogP contribution >= 0.6 is 0 Å². The van der Waals surface area contributed by atoms with Crippen LogP contribution in [0, 0.1) is 20.8 Å².